The minimum atomic E-state index is -0.131. The number of nitrogens with one attached hydrogen (secondary N) is 1. The molecule has 3 heterocycles. The van der Waals surface area contributed by atoms with Crippen LogP contribution in [-0.2, 0) is 17.8 Å². The number of hydrogen-bond acceptors (Lipinski definition) is 6. The molecule has 1 amide bonds. The molecule has 1 aromatic carbocycles. The Balaban J connectivity index is 1.63. The number of aryl methyl sites for hydroxylation is 1. The SMILES string of the molecule is COCCn1cc(C#Cc2cc(C(=O)NCc3ccsc3)ccc2C)c2c(N)ncnc21. The summed E-state index contributed by atoms with van der Waals surface area (Å²) in [6, 6.07) is 7.53. The van der Waals surface area contributed by atoms with Gasteiger partial charge in [-0.25, -0.2) is 9.97 Å². The van der Waals surface area contributed by atoms with Crippen LogP contribution < -0.4 is 11.1 Å². The highest BCUT2D eigenvalue weighted by atomic mass is 32.1. The van der Waals surface area contributed by atoms with Crippen LogP contribution in [0.5, 0.6) is 0 Å². The molecular weight excluding hydrogens is 422 g/mol. The van der Waals surface area contributed by atoms with E-state index in [0.717, 1.165) is 33.3 Å². The third-order valence-electron chi connectivity index (χ3n) is 5.08. The average molecular weight is 446 g/mol. The van der Waals surface area contributed by atoms with Crippen LogP contribution in [0, 0.1) is 18.8 Å². The van der Waals surface area contributed by atoms with Gasteiger partial charge in [0, 0.05) is 37.5 Å². The van der Waals surface area contributed by atoms with Gasteiger partial charge >= 0.3 is 0 Å². The van der Waals surface area contributed by atoms with E-state index in [1.54, 1.807) is 18.4 Å². The molecule has 0 aliphatic heterocycles. The minimum absolute atomic E-state index is 0.131. The Hall–Kier alpha value is -3.67. The van der Waals surface area contributed by atoms with Crippen molar-refractivity contribution in [1.29, 1.82) is 0 Å². The molecule has 0 spiro atoms. The second-order valence-corrected chi connectivity index (χ2v) is 8.06. The number of thiophene rings is 1. The third-order valence-corrected chi connectivity index (χ3v) is 5.82. The maximum absolute atomic E-state index is 12.6. The molecule has 0 unspecified atom stereocenters. The standard InChI is InChI=1S/C24H23N5O2S/c1-16-3-4-19(24(30)26-12-17-7-10-32-14-17)11-18(16)5-6-20-13-29(8-9-31-2)23-21(20)22(25)27-15-28-23/h3-4,7,10-11,13-15H,8-9,12H2,1-2H3,(H,26,30)(H2,25,27,28). The summed E-state index contributed by atoms with van der Waals surface area (Å²) >= 11 is 1.61. The number of nitrogens with zero attached hydrogens (tertiary/aromatic N) is 3. The lowest BCUT2D eigenvalue weighted by Crippen LogP contribution is -2.22. The van der Waals surface area contributed by atoms with Crippen LogP contribution in [0.4, 0.5) is 5.82 Å². The number of nitrogens with two attached hydrogens (primary N) is 1. The predicted octanol–water partition coefficient (Wildman–Crippen LogP) is 3.36. The van der Waals surface area contributed by atoms with Crippen molar-refractivity contribution in [2.75, 3.05) is 19.5 Å². The first-order chi connectivity index (χ1) is 15.6. The maximum atomic E-state index is 12.6. The fourth-order valence-electron chi connectivity index (χ4n) is 3.31. The summed E-state index contributed by atoms with van der Waals surface area (Å²) in [6.07, 6.45) is 3.36. The van der Waals surface area contributed by atoms with E-state index in [1.165, 1.54) is 6.33 Å². The molecule has 0 saturated carbocycles. The Morgan fingerprint density at radius 1 is 1.25 bits per heavy atom. The molecule has 0 radical (unpaired) electrons. The fraction of sp³-hybridized carbons (Fsp3) is 0.208. The van der Waals surface area contributed by atoms with Crippen LogP contribution >= 0.6 is 11.3 Å². The number of nitrogen functional groups attached to an aromatic ring is 1. The van der Waals surface area contributed by atoms with Crippen molar-refractivity contribution in [3.05, 3.63) is 75.4 Å². The van der Waals surface area contributed by atoms with Crippen molar-refractivity contribution >= 4 is 34.1 Å². The summed E-state index contributed by atoms with van der Waals surface area (Å²) in [5.74, 6) is 6.65. The van der Waals surface area contributed by atoms with E-state index in [1.807, 2.05) is 52.7 Å². The predicted molar refractivity (Wildman–Crippen MR) is 126 cm³/mol. The molecule has 0 bridgehead atoms. The van der Waals surface area contributed by atoms with Gasteiger partial charge in [0.1, 0.15) is 17.8 Å². The first-order valence-corrected chi connectivity index (χ1v) is 11.0. The van der Waals surface area contributed by atoms with E-state index in [0.29, 0.717) is 31.1 Å². The number of methoxy groups -OCH3 is 1. The number of carbonyl (C=O) groups excluding carboxylic acids is 1. The number of hydrogen-bond donors (Lipinski definition) is 2. The van der Waals surface area contributed by atoms with Crippen molar-refractivity contribution in [1.82, 2.24) is 19.9 Å². The Morgan fingerprint density at radius 3 is 2.88 bits per heavy atom. The van der Waals surface area contributed by atoms with E-state index in [2.05, 4.69) is 27.1 Å². The second-order valence-electron chi connectivity index (χ2n) is 7.28. The zero-order valence-electron chi connectivity index (χ0n) is 17.9. The lowest BCUT2D eigenvalue weighted by molar-refractivity contribution is 0.0951. The molecule has 0 fully saturated rings. The monoisotopic (exact) mass is 445 g/mol. The van der Waals surface area contributed by atoms with Crippen LogP contribution in [0.3, 0.4) is 0 Å². The summed E-state index contributed by atoms with van der Waals surface area (Å²) < 4.78 is 7.15. The Bertz CT molecular complexity index is 1320. The number of aromatic nitrogens is 3. The molecule has 7 nitrogen and oxygen atoms in total. The van der Waals surface area contributed by atoms with Gasteiger partial charge in [0.15, 0.2) is 0 Å². The molecule has 4 rings (SSSR count). The largest absolute Gasteiger partial charge is 0.383 e. The minimum Gasteiger partial charge on any atom is -0.383 e. The summed E-state index contributed by atoms with van der Waals surface area (Å²) in [7, 11) is 1.65. The van der Waals surface area contributed by atoms with Crippen LogP contribution in [0.1, 0.15) is 32.6 Å². The average Bonchev–Trinajstić information content (AvgIpc) is 3.44. The molecule has 3 N–H and O–H groups in total. The number of ether oxygens (including phenoxy) is 1. The molecule has 0 aliphatic carbocycles. The van der Waals surface area contributed by atoms with Crippen molar-refractivity contribution in [2.24, 2.45) is 0 Å². The first kappa shape index (κ1) is 21.6. The number of carbonyl (C=O) groups is 1. The molecule has 4 aromatic rings. The maximum Gasteiger partial charge on any atom is 0.251 e. The van der Waals surface area contributed by atoms with E-state index in [9.17, 15) is 4.79 Å². The highest BCUT2D eigenvalue weighted by Gasteiger charge is 2.12. The summed E-state index contributed by atoms with van der Waals surface area (Å²) in [6.45, 7) is 3.64. The third kappa shape index (κ3) is 4.64. The van der Waals surface area contributed by atoms with Gasteiger partial charge in [-0.05, 0) is 47.0 Å². The van der Waals surface area contributed by atoms with Gasteiger partial charge in [0.25, 0.3) is 5.91 Å². The van der Waals surface area contributed by atoms with Gasteiger partial charge in [-0.1, -0.05) is 17.9 Å². The Labute approximate surface area is 190 Å². The van der Waals surface area contributed by atoms with Crippen LogP contribution in [-0.4, -0.2) is 34.2 Å². The van der Waals surface area contributed by atoms with E-state index >= 15 is 0 Å². The summed E-state index contributed by atoms with van der Waals surface area (Å²) in [5, 5.41) is 7.68. The number of amides is 1. The topological polar surface area (TPSA) is 95.1 Å². The number of benzene rings is 1. The molecule has 3 aromatic heterocycles. The van der Waals surface area contributed by atoms with Gasteiger partial charge in [0.05, 0.1) is 17.6 Å². The van der Waals surface area contributed by atoms with Crippen molar-refractivity contribution in [3.63, 3.8) is 0 Å². The van der Waals surface area contributed by atoms with Gasteiger partial charge in [0.2, 0.25) is 0 Å². The van der Waals surface area contributed by atoms with Crippen LogP contribution in [0.25, 0.3) is 11.0 Å². The number of anilines is 1. The van der Waals surface area contributed by atoms with E-state index in [-0.39, 0.29) is 5.91 Å². The number of fused-ring (bicyclic) bond motifs is 1. The van der Waals surface area contributed by atoms with Crippen molar-refractivity contribution < 1.29 is 9.53 Å². The van der Waals surface area contributed by atoms with Crippen LogP contribution in [0.15, 0.2) is 47.5 Å². The van der Waals surface area contributed by atoms with Crippen molar-refractivity contribution in [3.8, 4) is 11.8 Å². The molecule has 0 atom stereocenters. The Morgan fingerprint density at radius 2 is 2.09 bits per heavy atom. The van der Waals surface area contributed by atoms with Gasteiger partial charge in [-0.15, -0.1) is 0 Å². The molecule has 0 aliphatic rings. The van der Waals surface area contributed by atoms with Gasteiger partial charge in [-0.2, -0.15) is 11.3 Å². The highest BCUT2D eigenvalue weighted by molar-refractivity contribution is 7.07. The molecule has 32 heavy (non-hydrogen) atoms. The normalized spacial score (nSPS) is 10.7. The zero-order chi connectivity index (χ0) is 22.5. The van der Waals surface area contributed by atoms with E-state index in [4.69, 9.17) is 10.5 Å². The molecule has 8 heteroatoms. The Kier molecular flexibility index (Phi) is 6.50. The quantitative estimate of drug-likeness (QED) is 0.444. The number of rotatable bonds is 6. The summed E-state index contributed by atoms with van der Waals surface area (Å²) in [4.78, 5) is 21.1. The smallest absolute Gasteiger partial charge is 0.251 e. The van der Waals surface area contributed by atoms with Gasteiger partial charge in [-0.3, -0.25) is 4.79 Å². The zero-order valence-corrected chi connectivity index (χ0v) is 18.7. The van der Waals surface area contributed by atoms with Crippen LogP contribution in [0.2, 0.25) is 0 Å². The molecule has 162 valence electrons. The summed E-state index contributed by atoms with van der Waals surface area (Å²) in [5.41, 5.74) is 11.0. The lowest BCUT2D eigenvalue weighted by Gasteiger charge is -2.06. The highest BCUT2D eigenvalue weighted by Crippen LogP contribution is 2.23. The molecule has 0 saturated heterocycles. The second kappa shape index (κ2) is 9.64. The van der Waals surface area contributed by atoms with Gasteiger partial charge < -0.3 is 20.4 Å². The van der Waals surface area contributed by atoms with Crippen molar-refractivity contribution in [2.45, 2.75) is 20.0 Å². The van der Waals surface area contributed by atoms with E-state index < -0.39 is 0 Å². The fourth-order valence-corrected chi connectivity index (χ4v) is 3.98. The molecular formula is C24H23N5O2S. The first-order valence-electron chi connectivity index (χ1n) is 10.1. The lowest BCUT2D eigenvalue weighted by atomic mass is 10.0.